The van der Waals surface area contributed by atoms with Crippen LogP contribution in [0.25, 0.3) is 0 Å². The minimum Gasteiger partial charge on any atom is -0.350 e. The fraction of sp³-hybridized carbons (Fsp3) is 0.368. The van der Waals surface area contributed by atoms with E-state index < -0.39 is 0 Å². The van der Waals surface area contributed by atoms with Crippen LogP contribution in [0.2, 0.25) is 0 Å². The molecular weight excluding hydrogens is 274 g/mol. The fourth-order valence-corrected chi connectivity index (χ4v) is 3.57. The van der Waals surface area contributed by atoms with Crippen LogP contribution in [-0.4, -0.2) is 18.0 Å². The zero-order chi connectivity index (χ0) is 14.8. The van der Waals surface area contributed by atoms with E-state index in [1.54, 1.807) is 0 Å². The number of benzene rings is 2. The predicted octanol–water partition coefficient (Wildman–Crippen LogP) is 3.93. The summed E-state index contributed by atoms with van der Waals surface area (Å²) in [6.07, 6.45) is 2.19. The monoisotopic (exact) mass is 295 g/mol. The lowest BCUT2D eigenvalue weighted by molar-refractivity contribution is -0.254. The normalized spacial score (nSPS) is 28.5. The molecule has 0 aliphatic carbocycles. The van der Waals surface area contributed by atoms with Crippen molar-refractivity contribution in [3.63, 3.8) is 0 Å². The van der Waals surface area contributed by atoms with Crippen LogP contribution >= 0.6 is 0 Å². The van der Waals surface area contributed by atoms with Gasteiger partial charge in [-0.15, -0.1) is 0 Å². The molecule has 0 N–H and O–H groups in total. The van der Waals surface area contributed by atoms with Crippen LogP contribution in [0.1, 0.15) is 30.0 Å². The average Bonchev–Trinajstić information content (AvgIpc) is 2.94. The summed E-state index contributed by atoms with van der Waals surface area (Å²) in [6, 6.07) is 21.4. The first-order valence-electron chi connectivity index (χ1n) is 8.06. The quantitative estimate of drug-likeness (QED) is 0.856. The lowest BCUT2D eigenvalue weighted by atomic mass is 9.88. The molecule has 4 rings (SSSR count). The number of rotatable bonds is 3. The van der Waals surface area contributed by atoms with Crippen LogP contribution in [0.4, 0.5) is 0 Å². The van der Waals surface area contributed by atoms with Crippen LogP contribution in [-0.2, 0) is 16.1 Å². The number of fused-ring (bicyclic) bond motifs is 1. The lowest BCUT2D eigenvalue weighted by Gasteiger charge is -2.27. The maximum Gasteiger partial charge on any atom is 0.182 e. The zero-order valence-electron chi connectivity index (χ0n) is 12.6. The molecule has 2 fully saturated rings. The molecule has 0 aromatic heterocycles. The van der Waals surface area contributed by atoms with Crippen LogP contribution in [0, 0.1) is 5.92 Å². The molecular formula is C19H21NO2. The molecule has 2 saturated heterocycles. The fourth-order valence-electron chi connectivity index (χ4n) is 3.57. The molecule has 2 aromatic rings. The maximum absolute atomic E-state index is 6.15. The first-order chi connectivity index (χ1) is 10.9. The molecule has 2 aromatic carbocycles. The van der Waals surface area contributed by atoms with Crippen molar-refractivity contribution in [2.24, 2.45) is 5.92 Å². The highest BCUT2D eigenvalue weighted by Crippen LogP contribution is 2.44. The van der Waals surface area contributed by atoms with Gasteiger partial charge < -0.3 is 4.74 Å². The Labute approximate surface area is 131 Å². The minimum absolute atomic E-state index is 0.0948. The molecule has 3 unspecified atom stereocenters. The lowest BCUT2D eigenvalue weighted by Crippen LogP contribution is -2.28. The Balaban J connectivity index is 1.63. The van der Waals surface area contributed by atoms with Gasteiger partial charge in [-0.3, -0.25) is 4.84 Å². The van der Waals surface area contributed by atoms with Crippen molar-refractivity contribution in [1.82, 2.24) is 5.06 Å². The summed E-state index contributed by atoms with van der Waals surface area (Å²) in [5.41, 5.74) is 2.58. The largest absolute Gasteiger partial charge is 0.350 e. The van der Waals surface area contributed by atoms with Gasteiger partial charge in [-0.1, -0.05) is 60.7 Å². The average molecular weight is 295 g/mol. The second-order valence-electron chi connectivity index (χ2n) is 6.07. The molecule has 2 aliphatic rings. The van der Waals surface area contributed by atoms with Gasteiger partial charge in [0.15, 0.2) is 6.29 Å². The summed E-state index contributed by atoms with van der Waals surface area (Å²) in [4.78, 5) is 6.15. The van der Waals surface area contributed by atoms with Crippen LogP contribution in [0.15, 0.2) is 60.7 Å². The van der Waals surface area contributed by atoms with Gasteiger partial charge in [0.1, 0.15) is 0 Å². The highest BCUT2D eigenvalue weighted by atomic mass is 16.8. The molecule has 114 valence electrons. The first-order valence-corrected chi connectivity index (χ1v) is 8.06. The number of hydrogen-bond acceptors (Lipinski definition) is 3. The van der Waals surface area contributed by atoms with E-state index in [1.807, 2.05) is 6.07 Å². The van der Waals surface area contributed by atoms with Gasteiger partial charge in [0, 0.05) is 19.1 Å². The summed E-state index contributed by atoms with van der Waals surface area (Å²) >= 11 is 0. The molecule has 0 spiro atoms. The maximum atomic E-state index is 6.15. The summed E-state index contributed by atoms with van der Waals surface area (Å²) < 4.78 is 5.86. The van der Waals surface area contributed by atoms with E-state index in [2.05, 4.69) is 59.7 Å². The van der Waals surface area contributed by atoms with Gasteiger partial charge in [-0.05, 0) is 24.0 Å². The van der Waals surface area contributed by atoms with Crippen molar-refractivity contribution >= 4 is 0 Å². The molecule has 0 radical (unpaired) electrons. The third kappa shape index (κ3) is 2.68. The van der Waals surface area contributed by atoms with E-state index in [1.165, 1.54) is 11.1 Å². The number of nitrogens with zero attached hydrogens (tertiary/aromatic N) is 1. The number of hydrogen-bond donors (Lipinski definition) is 0. The molecule has 0 bridgehead atoms. The van der Waals surface area contributed by atoms with Crippen molar-refractivity contribution in [2.75, 3.05) is 6.61 Å². The summed E-state index contributed by atoms with van der Waals surface area (Å²) in [5.74, 6) is 0.417. The Morgan fingerprint density at radius 1 is 0.955 bits per heavy atom. The van der Waals surface area contributed by atoms with Crippen LogP contribution < -0.4 is 0 Å². The van der Waals surface area contributed by atoms with Crippen molar-refractivity contribution in [2.45, 2.75) is 31.7 Å². The van der Waals surface area contributed by atoms with Gasteiger partial charge in [-0.25, -0.2) is 0 Å². The topological polar surface area (TPSA) is 21.7 Å². The van der Waals surface area contributed by atoms with Gasteiger partial charge in [0.05, 0.1) is 6.04 Å². The van der Waals surface area contributed by atoms with Crippen molar-refractivity contribution in [3.8, 4) is 0 Å². The smallest absolute Gasteiger partial charge is 0.182 e. The van der Waals surface area contributed by atoms with Crippen LogP contribution in [0.3, 0.4) is 0 Å². The standard InChI is InChI=1S/C19H21NO2/c1-3-8-15(9-4-1)14-20-18(16-10-5-2-6-11-16)17-12-7-13-21-19(17)22-20/h1-6,8-11,17-19H,7,12-14H2. The molecule has 2 aliphatic heterocycles. The Hall–Kier alpha value is -1.68. The molecule has 0 saturated carbocycles. The molecule has 0 amide bonds. The van der Waals surface area contributed by atoms with E-state index in [-0.39, 0.29) is 12.3 Å². The van der Waals surface area contributed by atoms with E-state index >= 15 is 0 Å². The van der Waals surface area contributed by atoms with Crippen molar-refractivity contribution in [3.05, 3.63) is 71.8 Å². The highest BCUT2D eigenvalue weighted by Gasteiger charge is 2.45. The SMILES string of the molecule is c1ccc(CN2OC3OCCCC3C2c2ccccc2)cc1. The van der Waals surface area contributed by atoms with Gasteiger partial charge in [-0.2, -0.15) is 5.06 Å². The van der Waals surface area contributed by atoms with Gasteiger partial charge >= 0.3 is 0 Å². The minimum atomic E-state index is -0.0948. The Bertz CT molecular complexity index is 601. The summed E-state index contributed by atoms with van der Waals surface area (Å²) in [5, 5.41) is 2.12. The Kier molecular flexibility index (Phi) is 3.94. The van der Waals surface area contributed by atoms with E-state index in [4.69, 9.17) is 9.57 Å². The Morgan fingerprint density at radius 3 is 2.45 bits per heavy atom. The molecule has 3 atom stereocenters. The number of ether oxygens (including phenoxy) is 1. The molecule has 3 nitrogen and oxygen atoms in total. The van der Waals surface area contributed by atoms with Crippen molar-refractivity contribution in [1.29, 1.82) is 0 Å². The van der Waals surface area contributed by atoms with Crippen molar-refractivity contribution < 1.29 is 9.57 Å². The van der Waals surface area contributed by atoms with E-state index in [0.29, 0.717) is 5.92 Å². The second kappa shape index (κ2) is 6.21. The Morgan fingerprint density at radius 2 is 1.68 bits per heavy atom. The summed E-state index contributed by atoms with van der Waals surface area (Å²) in [6.45, 7) is 1.60. The predicted molar refractivity (Wildman–Crippen MR) is 84.7 cm³/mol. The summed E-state index contributed by atoms with van der Waals surface area (Å²) in [7, 11) is 0. The highest BCUT2D eigenvalue weighted by molar-refractivity contribution is 5.22. The van der Waals surface area contributed by atoms with E-state index in [0.717, 1.165) is 26.0 Å². The van der Waals surface area contributed by atoms with Crippen LogP contribution in [0.5, 0.6) is 0 Å². The third-order valence-electron chi connectivity index (χ3n) is 4.59. The van der Waals surface area contributed by atoms with E-state index in [9.17, 15) is 0 Å². The third-order valence-corrected chi connectivity index (χ3v) is 4.59. The molecule has 22 heavy (non-hydrogen) atoms. The molecule has 3 heteroatoms. The first kappa shape index (κ1) is 13.9. The molecule has 2 heterocycles. The second-order valence-corrected chi connectivity index (χ2v) is 6.07. The zero-order valence-corrected chi connectivity index (χ0v) is 12.6. The van der Waals surface area contributed by atoms with Gasteiger partial charge in [0.25, 0.3) is 0 Å². The van der Waals surface area contributed by atoms with Gasteiger partial charge in [0.2, 0.25) is 0 Å². The number of hydroxylamine groups is 2.